The van der Waals surface area contributed by atoms with Crippen molar-refractivity contribution in [1.82, 2.24) is 9.97 Å². The lowest BCUT2D eigenvalue weighted by Gasteiger charge is -2.14. The van der Waals surface area contributed by atoms with E-state index in [2.05, 4.69) is 35.7 Å². The lowest BCUT2D eigenvalue weighted by Crippen LogP contribution is -2.21. The second-order valence-corrected chi connectivity index (χ2v) is 4.72. The maximum Gasteiger partial charge on any atom is 0.133 e. The first-order valence-electron chi connectivity index (χ1n) is 6.35. The summed E-state index contributed by atoms with van der Waals surface area (Å²) in [6, 6.07) is 1.95. The Morgan fingerprint density at radius 3 is 2.72 bits per heavy atom. The number of aromatic nitrogens is 2. The zero-order chi connectivity index (χ0) is 13.5. The van der Waals surface area contributed by atoms with Gasteiger partial charge in [0.25, 0.3) is 0 Å². The van der Waals surface area contributed by atoms with Crippen molar-refractivity contribution in [2.75, 3.05) is 18.5 Å². The number of hydrogen-bond acceptors (Lipinski definition) is 4. The van der Waals surface area contributed by atoms with Gasteiger partial charge in [0.2, 0.25) is 0 Å². The van der Waals surface area contributed by atoms with Crippen molar-refractivity contribution >= 4 is 5.82 Å². The summed E-state index contributed by atoms with van der Waals surface area (Å²) in [6.45, 7) is 13.1. The van der Waals surface area contributed by atoms with Crippen LogP contribution in [0.15, 0.2) is 18.7 Å². The van der Waals surface area contributed by atoms with Gasteiger partial charge >= 0.3 is 0 Å². The van der Waals surface area contributed by atoms with Crippen LogP contribution in [0, 0.1) is 6.92 Å². The third kappa shape index (κ3) is 4.84. The highest BCUT2D eigenvalue weighted by Gasteiger charge is 2.07. The van der Waals surface area contributed by atoms with E-state index in [1.807, 2.05) is 19.9 Å². The highest BCUT2D eigenvalue weighted by molar-refractivity contribution is 5.36. The molecular formula is C14H23N3O. The molecule has 1 N–H and O–H groups in total. The summed E-state index contributed by atoms with van der Waals surface area (Å²) in [7, 11) is 0. The molecule has 1 aromatic rings. The molecule has 0 saturated heterocycles. The van der Waals surface area contributed by atoms with E-state index in [4.69, 9.17) is 4.74 Å². The Bertz CT molecular complexity index is 391. The summed E-state index contributed by atoms with van der Waals surface area (Å²) in [5.74, 6) is 2.07. The summed E-state index contributed by atoms with van der Waals surface area (Å²) >= 11 is 0. The Morgan fingerprint density at radius 2 is 2.11 bits per heavy atom. The molecule has 4 nitrogen and oxygen atoms in total. The fraction of sp³-hybridized carbons (Fsp3) is 0.571. The molecule has 100 valence electrons. The number of anilines is 1. The largest absolute Gasteiger partial charge is 0.373 e. The van der Waals surface area contributed by atoms with Crippen LogP contribution < -0.4 is 5.32 Å². The first-order chi connectivity index (χ1) is 8.52. The molecule has 18 heavy (non-hydrogen) atoms. The van der Waals surface area contributed by atoms with Crippen LogP contribution in [0.3, 0.4) is 0 Å². The van der Waals surface area contributed by atoms with E-state index in [9.17, 15) is 0 Å². The molecule has 0 aliphatic carbocycles. The Hall–Kier alpha value is -1.42. The predicted molar refractivity (Wildman–Crippen MR) is 75.0 cm³/mol. The van der Waals surface area contributed by atoms with Gasteiger partial charge in [-0.05, 0) is 13.8 Å². The zero-order valence-corrected chi connectivity index (χ0v) is 11.7. The van der Waals surface area contributed by atoms with Crippen molar-refractivity contribution in [3.63, 3.8) is 0 Å². The van der Waals surface area contributed by atoms with Crippen LogP contribution in [0.5, 0.6) is 0 Å². The molecular weight excluding hydrogens is 226 g/mol. The van der Waals surface area contributed by atoms with Gasteiger partial charge in [-0.3, -0.25) is 0 Å². The molecule has 0 aromatic carbocycles. The topological polar surface area (TPSA) is 47.0 Å². The van der Waals surface area contributed by atoms with Crippen molar-refractivity contribution in [2.45, 2.75) is 39.7 Å². The van der Waals surface area contributed by atoms with E-state index in [1.165, 1.54) is 0 Å². The summed E-state index contributed by atoms with van der Waals surface area (Å²) in [6.07, 6.45) is 1.88. The summed E-state index contributed by atoms with van der Waals surface area (Å²) < 4.78 is 5.50. The SMILES string of the molecule is C=CCOC(C)CNc1cc(C)nc(C(C)C)n1. The van der Waals surface area contributed by atoms with E-state index in [-0.39, 0.29) is 6.10 Å². The number of nitrogens with zero attached hydrogens (tertiary/aromatic N) is 2. The van der Waals surface area contributed by atoms with Crippen LogP contribution in [-0.2, 0) is 4.74 Å². The third-order valence-electron chi connectivity index (χ3n) is 2.46. The number of rotatable bonds is 7. The van der Waals surface area contributed by atoms with Crippen LogP contribution in [0.25, 0.3) is 0 Å². The zero-order valence-electron chi connectivity index (χ0n) is 11.7. The monoisotopic (exact) mass is 249 g/mol. The molecule has 0 aliphatic rings. The molecule has 0 radical (unpaired) electrons. The lowest BCUT2D eigenvalue weighted by atomic mass is 10.2. The minimum Gasteiger partial charge on any atom is -0.373 e. The van der Waals surface area contributed by atoms with Crippen LogP contribution in [0.4, 0.5) is 5.82 Å². The van der Waals surface area contributed by atoms with E-state index in [1.54, 1.807) is 6.08 Å². The molecule has 1 unspecified atom stereocenters. The van der Waals surface area contributed by atoms with Crippen LogP contribution in [0.1, 0.15) is 38.2 Å². The van der Waals surface area contributed by atoms with E-state index >= 15 is 0 Å². The molecule has 0 spiro atoms. The fourth-order valence-corrected chi connectivity index (χ4v) is 1.48. The van der Waals surface area contributed by atoms with Crippen molar-refractivity contribution in [2.24, 2.45) is 0 Å². The quantitative estimate of drug-likeness (QED) is 0.755. The van der Waals surface area contributed by atoms with Gasteiger partial charge in [0.15, 0.2) is 0 Å². The number of aryl methyl sites for hydroxylation is 1. The lowest BCUT2D eigenvalue weighted by molar-refractivity contribution is 0.0979. The Balaban J connectivity index is 2.58. The highest BCUT2D eigenvalue weighted by atomic mass is 16.5. The van der Waals surface area contributed by atoms with Gasteiger partial charge < -0.3 is 10.1 Å². The van der Waals surface area contributed by atoms with Gasteiger partial charge in [0, 0.05) is 24.2 Å². The van der Waals surface area contributed by atoms with Crippen LogP contribution in [-0.4, -0.2) is 29.2 Å². The number of hydrogen-bond donors (Lipinski definition) is 1. The van der Waals surface area contributed by atoms with E-state index in [0.29, 0.717) is 12.5 Å². The van der Waals surface area contributed by atoms with Gasteiger partial charge in [-0.25, -0.2) is 9.97 Å². The standard InChI is InChI=1S/C14H23N3O/c1-6-7-18-12(5)9-15-13-8-11(4)16-14(17-13)10(2)3/h6,8,10,12H,1,7,9H2,2-5H3,(H,15,16,17). The van der Waals surface area contributed by atoms with Gasteiger partial charge in [-0.15, -0.1) is 6.58 Å². The average Bonchev–Trinajstić information content (AvgIpc) is 2.33. The summed E-state index contributed by atoms with van der Waals surface area (Å²) in [5, 5.41) is 3.28. The molecule has 0 aliphatic heterocycles. The first kappa shape index (κ1) is 14.6. The predicted octanol–water partition coefficient (Wildman–Crippen LogP) is 2.91. The minimum atomic E-state index is 0.126. The Kier molecular flexibility index (Phi) is 5.78. The molecule has 4 heteroatoms. The molecule has 1 atom stereocenters. The van der Waals surface area contributed by atoms with Gasteiger partial charge in [-0.2, -0.15) is 0 Å². The minimum absolute atomic E-state index is 0.126. The van der Waals surface area contributed by atoms with Crippen molar-refractivity contribution in [3.05, 3.63) is 30.2 Å². The van der Waals surface area contributed by atoms with E-state index in [0.717, 1.165) is 23.9 Å². The van der Waals surface area contributed by atoms with Crippen LogP contribution in [0.2, 0.25) is 0 Å². The highest BCUT2D eigenvalue weighted by Crippen LogP contribution is 2.13. The second-order valence-electron chi connectivity index (χ2n) is 4.72. The molecule has 0 fully saturated rings. The maximum atomic E-state index is 5.50. The molecule has 1 heterocycles. The molecule has 0 bridgehead atoms. The fourth-order valence-electron chi connectivity index (χ4n) is 1.48. The molecule has 0 saturated carbocycles. The maximum absolute atomic E-state index is 5.50. The Morgan fingerprint density at radius 1 is 1.39 bits per heavy atom. The smallest absolute Gasteiger partial charge is 0.133 e. The van der Waals surface area contributed by atoms with Gasteiger partial charge in [0.1, 0.15) is 11.6 Å². The van der Waals surface area contributed by atoms with Crippen LogP contribution >= 0.6 is 0 Å². The van der Waals surface area contributed by atoms with Crippen molar-refractivity contribution in [3.8, 4) is 0 Å². The summed E-state index contributed by atoms with van der Waals surface area (Å²) in [4.78, 5) is 8.90. The molecule has 1 rings (SSSR count). The molecule has 0 amide bonds. The Labute approximate surface area is 109 Å². The number of ether oxygens (including phenoxy) is 1. The van der Waals surface area contributed by atoms with Gasteiger partial charge in [-0.1, -0.05) is 19.9 Å². The average molecular weight is 249 g/mol. The third-order valence-corrected chi connectivity index (χ3v) is 2.46. The van der Waals surface area contributed by atoms with Gasteiger partial charge in [0.05, 0.1) is 12.7 Å². The summed E-state index contributed by atoms with van der Waals surface area (Å²) in [5.41, 5.74) is 0.982. The normalized spacial score (nSPS) is 12.5. The van der Waals surface area contributed by atoms with Crippen molar-refractivity contribution < 1.29 is 4.74 Å². The number of nitrogens with one attached hydrogen (secondary N) is 1. The van der Waals surface area contributed by atoms with E-state index < -0.39 is 0 Å². The second kappa shape index (κ2) is 7.11. The van der Waals surface area contributed by atoms with Crippen molar-refractivity contribution in [1.29, 1.82) is 0 Å². The molecule has 1 aromatic heterocycles. The first-order valence-corrected chi connectivity index (χ1v) is 6.35.